The fourth-order valence-electron chi connectivity index (χ4n) is 3.00. The SMILES string of the molecule is COCCN1CC(C(=O)Nc2cnccc2-c2cccc(F)c2)CC1=O. The number of amides is 2. The molecule has 0 spiro atoms. The summed E-state index contributed by atoms with van der Waals surface area (Å²) in [6, 6.07) is 7.85. The highest BCUT2D eigenvalue weighted by atomic mass is 19.1. The van der Waals surface area contributed by atoms with Gasteiger partial charge in [0.1, 0.15) is 5.82 Å². The Balaban J connectivity index is 1.74. The van der Waals surface area contributed by atoms with E-state index in [0.717, 1.165) is 0 Å². The second-order valence-electron chi connectivity index (χ2n) is 6.15. The number of halogens is 1. The van der Waals surface area contributed by atoms with E-state index in [1.807, 2.05) is 0 Å². The summed E-state index contributed by atoms with van der Waals surface area (Å²) in [5, 5.41) is 2.83. The van der Waals surface area contributed by atoms with Crippen molar-refractivity contribution in [3.05, 3.63) is 48.5 Å². The van der Waals surface area contributed by atoms with Crippen LogP contribution in [0.2, 0.25) is 0 Å². The number of hydrogen-bond acceptors (Lipinski definition) is 4. The minimum atomic E-state index is -0.431. The molecule has 1 atom stereocenters. The van der Waals surface area contributed by atoms with Crippen LogP contribution in [0.5, 0.6) is 0 Å². The third-order valence-electron chi connectivity index (χ3n) is 4.37. The van der Waals surface area contributed by atoms with E-state index in [4.69, 9.17) is 4.74 Å². The third-order valence-corrected chi connectivity index (χ3v) is 4.37. The largest absolute Gasteiger partial charge is 0.383 e. The number of pyridine rings is 1. The Morgan fingerprint density at radius 1 is 1.42 bits per heavy atom. The molecule has 26 heavy (non-hydrogen) atoms. The zero-order chi connectivity index (χ0) is 18.5. The molecule has 1 N–H and O–H groups in total. The van der Waals surface area contributed by atoms with E-state index < -0.39 is 5.92 Å². The van der Waals surface area contributed by atoms with Gasteiger partial charge in [-0.3, -0.25) is 14.6 Å². The number of benzene rings is 1. The Labute approximate surface area is 151 Å². The molecule has 1 aromatic carbocycles. The molecule has 0 bridgehead atoms. The first-order valence-corrected chi connectivity index (χ1v) is 8.36. The average molecular weight is 357 g/mol. The summed E-state index contributed by atoms with van der Waals surface area (Å²) in [6.45, 7) is 1.27. The number of aromatic nitrogens is 1. The second kappa shape index (κ2) is 8.05. The van der Waals surface area contributed by atoms with Crippen LogP contribution in [0.4, 0.5) is 10.1 Å². The van der Waals surface area contributed by atoms with Crippen LogP contribution in [0, 0.1) is 11.7 Å². The van der Waals surface area contributed by atoms with Crippen molar-refractivity contribution in [3.8, 4) is 11.1 Å². The lowest BCUT2D eigenvalue weighted by Crippen LogP contribution is -2.30. The summed E-state index contributed by atoms with van der Waals surface area (Å²) in [5.41, 5.74) is 1.81. The van der Waals surface area contributed by atoms with Gasteiger partial charge in [-0.15, -0.1) is 0 Å². The number of carbonyl (C=O) groups excluding carboxylic acids is 2. The monoisotopic (exact) mass is 357 g/mol. The molecule has 3 rings (SSSR count). The maximum Gasteiger partial charge on any atom is 0.229 e. The molecule has 0 aliphatic carbocycles. The lowest BCUT2D eigenvalue weighted by Gasteiger charge is -2.16. The molecular weight excluding hydrogens is 337 g/mol. The predicted molar refractivity (Wildman–Crippen MR) is 94.8 cm³/mol. The maximum absolute atomic E-state index is 13.5. The summed E-state index contributed by atoms with van der Waals surface area (Å²) in [5.74, 6) is -1.09. The zero-order valence-corrected chi connectivity index (χ0v) is 14.4. The Kier molecular flexibility index (Phi) is 5.58. The van der Waals surface area contributed by atoms with Crippen molar-refractivity contribution in [3.63, 3.8) is 0 Å². The second-order valence-corrected chi connectivity index (χ2v) is 6.15. The molecule has 0 saturated carbocycles. The number of rotatable bonds is 6. The first-order chi connectivity index (χ1) is 12.6. The van der Waals surface area contributed by atoms with Gasteiger partial charge in [-0.2, -0.15) is 0 Å². The fraction of sp³-hybridized carbons (Fsp3) is 0.316. The van der Waals surface area contributed by atoms with Gasteiger partial charge in [0.05, 0.1) is 24.4 Å². The molecular formula is C19H20FN3O3. The summed E-state index contributed by atoms with van der Waals surface area (Å²) >= 11 is 0. The van der Waals surface area contributed by atoms with E-state index >= 15 is 0 Å². The first-order valence-electron chi connectivity index (χ1n) is 8.36. The normalized spacial score (nSPS) is 16.8. The maximum atomic E-state index is 13.5. The van der Waals surface area contributed by atoms with E-state index in [1.54, 1.807) is 36.4 Å². The smallest absolute Gasteiger partial charge is 0.229 e. The van der Waals surface area contributed by atoms with Crippen LogP contribution in [0.1, 0.15) is 6.42 Å². The van der Waals surface area contributed by atoms with Crippen LogP contribution in [0.25, 0.3) is 11.1 Å². The quantitative estimate of drug-likeness (QED) is 0.861. The molecule has 1 unspecified atom stereocenters. The average Bonchev–Trinajstić information content (AvgIpc) is 3.01. The summed E-state index contributed by atoms with van der Waals surface area (Å²) < 4.78 is 18.5. The number of hydrogen-bond donors (Lipinski definition) is 1. The number of likely N-dealkylation sites (tertiary alicyclic amines) is 1. The molecule has 7 heteroatoms. The first kappa shape index (κ1) is 18.0. The Hall–Kier alpha value is -2.80. The van der Waals surface area contributed by atoms with Crippen molar-refractivity contribution >= 4 is 17.5 Å². The molecule has 1 aliphatic rings. The van der Waals surface area contributed by atoms with Crippen molar-refractivity contribution in [1.29, 1.82) is 0 Å². The highest BCUT2D eigenvalue weighted by Gasteiger charge is 2.34. The molecule has 1 aromatic heterocycles. The minimum Gasteiger partial charge on any atom is -0.383 e. The Morgan fingerprint density at radius 2 is 2.27 bits per heavy atom. The lowest BCUT2D eigenvalue weighted by molar-refractivity contribution is -0.128. The molecule has 1 fully saturated rings. The van der Waals surface area contributed by atoms with Crippen molar-refractivity contribution in [2.24, 2.45) is 5.92 Å². The van der Waals surface area contributed by atoms with E-state index in [0.29, 0.717) is 36.5 Å². The highest BCUT2D eigenvalue weighted by molar-refractivity contribution is 5.99. The molecule has 2 amide bonds. The van der Waals surface area contributed by atoms with Crippen LogP contribution >= 0.6 is 0 Å². The number of ether oxygens (including phenoxy) is 1. The van der Waals surface area contributed by atoms with Gasteiger partial charge in [0.2, 0.25) is 11.8 Å². The highest BCUT2D eigenvalue weighted by Crippen LogP contribution is 2.28. The van der Waals surface area contributed by atoms with E-state index in [9.17, 15) is 14.0 Å². The summed E-state index contributed by atoms with van der Waals surface area (Å²) in [6.07, 6.45) is 3.28. The van der Waals surface area contributed by atoms with Crippen LogP contribution in [-0.2, 0) is 14.3 Å². The summed E-state index contributed by atoms with van der Waals surface area (Å²) in [4.78, 5) is 30.3. The number of carbonyl (C=O) groups is 2. The van der Waals surface area contributed by atoms with Crippen LogP contribution in [0.3, 0.4) is 0 Å². The van der Waals surface area contributed by atoms with Gasteiger partial charge in [0.25, 0.3) is 0 Å². The number of anilines is 1. The molecule has 6 nitrogen and oxygen atoms in total. The molecule has 136 valence electrons. The van der Waals surface area contributed by atoms with Crippen LogP contribution < -0.4 is 5.32 Å². The molecule has 1 aliphatic heterocycles. The van der Waals surface area contributed by atoms with E-state index in [1.165, 1.54) is 18.3 Å². The molecule has 2 aromatic rings. The van der Waals surface area contributed by atoms with Crippen molar-refractivity contribution in [1.82, 2.24) is 9.88 Å². The van der Waals surface area contributed by atoms with Gasteiger partial charge in [0, 0.05) is 38.4 Å². The zero-order valence-electron chi connectivity index (χ0n) is 14.4. The Bertz CT molecular complexity index is 812. The van der Waals surface area contributed by atoms with Gasteiger partial charge in [-0.25, -0.2) is 4.39 Å². The predicted octanol–water partition coefficient (Wildman–Crippen LogP) is 2.32. The molecule has 0 radical (unpaired) electrons. The van der Waals surface area contributed by atoms with E-state index in [2.05, 4.69) is 10.3 Å². The van der Waals surface area contributed by atoms with Crippen molar-refractivity contribution in [2.75, 3.05) is 32.1 Å². The molecule has 2 heterocycles. The minimum absolute atomic E-state index is 0.0567. The van der Waals surface area contributed by atoms with Crippen LogP contribution in [0.15, 0.2) is 42.7 Å². The number of nitrogens with one attached hydrogen (secondary N) is 1. The standard InChI is InChI=1S/C19H20FN3O3/c1-26-8-7-23-12-14(10-18(23)24)19(25)22-17-11-21-6-5-16(17)13-3-2-4-15(20)9-13/h2-6,9,11,14H,7-8,10,12H2,1H3,(H,22,25). The van der Waals surface area contributed by atoms with Gasteiger partial charge >= 0.3 is 0 Å². The lowest BCUT2D eigenvalue weighted by atomic mass is 10.0. The van der Waals surface area contributed by atoms with E-state index in [-0.39, 0.29) is 24.1 Å². The van der Waals surface area contributed by atoms with Crippen molar-refractivity contribution in [2.45, 2.75) is 6.42 Å². The fourth-order valence-corrected chi connectivity index (χ4v) is 3.00. The van der Waals surface area contributed by atoms with Gasteiger partial charge < -0.3 is 15.0 Å². The van der Waals surface area contributed by atoms with Crippen LogP contribution in [-0.4, -0.2) is 48.5 Å². The van der Waals surface area contributed by atoms with Gasteiger partial charge in [0.15, 0.2) is 0 Å². The van der Waals surface area contributed by atoms with Gasteiger partial charge in [-0.1, -0.05) is 12.1 Å². The Morgan fingerprint density at radius 3 is 3.04 bits per heavy atom. The number of nitrogens with zero attached hydrogens (tertiary/aromatic N) is 2. The number of methoxy groups -OCH3 is 1. The molecule has 1 saturated heterocycles. The van der Waals surface area contributed by atoms with Gasteiger partial charge in [-0.05, 0) is 23.8 Å². The topological polar surface area (TPSA) is 71.5 Å². The third kappa shape index (κ3) is 4.05. The summed E-state index contributed by atoms with van der Waals surface area (Å²) in [7, 11) is 1.57. The van der Waals surface area contributed by atoms with Crippen molar-refractivity contribution < 1.29 is 18.7 Å².